The van der Waals surface area contributed by atoms with Crippen LogP contribution in [0.2, 0.25) is 0 Å². The zero-order valence-corrected chi connectivity index (χ0v) is 21.9. The van der Waals surface area contributed by atoms with E-state index in [4.69, 9.17) is 9.47 Å². The third-order valence-electron chi connectivity index (χ3n) is 6.13. The molecule has 4 rings (SSSR count). The summed E-state index contributed by atoms with van der Waals surface area (Å²) in [7, 11) is 0. The minimum absolute atomic E-state index is 0.102. The molecule has 8 nitrogen and oxygen atoms in total. The van der Waals surface area contributed by atoms with E-state index in [1.807, 2.05) is 68.4 Å². The molecule has 1 aliphatic rings. The third-order valence-corrected chi connectivity index (χ3v) is 6.13. The van der Waals surface area contributed by atoms with Gasteiger partial charge in [-0.2, -0.15) is 5.10 Å². The van der Waals surface area contributed by atoms with Gasteiger partial charge in [-0.3, -0.25) is 9.59 Å². The predicted molar refractivity (Wildman–Crippen MR) is 138 cm³/mol. The lowest BCUT2D eigenvalue weighted by molar-refractivity contribution is -0.157. The molecule has 1 aromatic heterocycles. The van der Waals surface area contributed by atoms with E-state index in [-0.39, 0.29) is 13.0 Å². The Hall–Kier alpha value is -3.94. The first-order chi connectivity index (χ1) is 17.5. The SMILES string of the molecule is Cc1cc(C)n(-c2cccc([C@H](CC(=O)OC(C)(C)C)C(=O)N3C(=O)OCC3Cc3ccccc3)c2)n1. The van der Waals surface area contributed by atoms with Crippen molar-refractivity contribution >= 4 is 18.0 Å². The van der Waals surface area contributed by atoms with Gasteiger partial charge in [0, 0.05) is 5.69 Å². The molecule has 0 bridgehead atoms. The van der Waals surface area contributed by atoms with Crippen LogP contribution in [0.15, 0.2) is 60.7 Å². The molecule has 8 heteroatoms. The van der Waals surface area contributed by atoms with E-state index >= 15 is 0 Å². The molecule has 2 amide bonds. The summed E-state index contributed by atoms with van der Waals surface area (Å²) in [5.41, 5.74) is 3.44. The number of rotatable bonds is 7. The summed E-state index contributed by atoms with van der Waals surface area (Å²) < 4.78 is 12.6. The number of aryl methyl sites for hydroxylation is 2. The first kappa shape index (κ1) is 26.1. The Balaban J connectivity index is 1.69. The van der Waals surface area contributed by atoms with Gasteiger partial charge < -0.3 is 9.47 Å². The second kappa shape index (κ2) is 10.6. The number of cyclic esters (lactones) is 1. The molecule has 194 valence electrons. The maximum Gasteiger partial charge on any atom is 0.417 e. The summed E-state index contributed by atoms with van der Waals surface area (Å²) in [5.74, 6) is -1.94. The van der Waals surface area contributed by atoms with Gasteiger partial charge >= 0.3 is 12.1 Å². The molecule has 37 heavy (non-hydrogen) atoms. The lowest BCUT2D eigenvalue weighted by Gasteiger charge is -2.26. The number of amides is 2. The Kier molecular flexibility index (Phi) is 7.47. The van der Waals surface area contributed by atoms with Crippen molar-refractivity contribution in [3.05, 3.63) is 83.2 Å². The van der Waals surface area contributed by atoms with Crippen LogP contribution < -0.4 is 0 Å². The average Bonchev–Trinajstić information content (AvgIpc) is 3.37. The number of carbonyl (C=O) groups excluding carboxylic acids is 3. The molecule has 1 aliphatic heterocycles. The van der Waals surface area contributed by atoms with Crippen molar-refractivity contribution in [3.8, 4) is 5.69 Å². The summed E-state index contributed by atoms with van der Waals surface area (Å²) in [4.78, 5) is 40.8. The van der Waals surface area contributed by atoms with Gasteiger partial charge in [0.2, 0.25) is 5.91 Å². The molecular formula is C29H33N3O5. The van der Waals surface area contributed by atoms with E-state index in [1.54, 1.807) is 31.5 Å². The van der Waals surface area contributed by atoms with Gasteiger partial charge in [-0.05, 0) is 70.4 Å². The van der Waals surface area contributed by atoms with Gasteiger partial charge in [0.05, 0.1) is 29.8 Å². The maximum atomic E-state index is 14.0. The minimum Gasteiger partial charge on any atom is -0.460 e. The topological polar surface area (TPSA) is 90.7 Å². The van der Waals surface area contributed by atoms with Gasteiger partial charge in [-0.1, -0.05) is 42.5 Å². The van der Waals surface area contributed by atoms with Crippen molar-refractivity contribution in [1.82, 2.24) is 14.7 Å². The molecular weight excluding hydrogens is 470 g/mol. The summed E-state index contributed by atoms with van der Waals surface area (Å²) in [5, 5.41) is 4.54. The Morgan fingerprint density at radius 2 is 1.81 bits per heavy atom. The molecule has 2 aromatic carbocycles. The lowest BCUT2D eigenvalue weighted by Crippen LogP contribution is -2.43. The smallest absolute Gasteiger partial charge is 0.417 e. The minimum atomic E-state index is -0.935. The quantitative estimate of drug-likeness (QED) is 0.426. The van der Waals surface area contributed by atoms with Crippen molar-refractivity contribution in [3.63, 3.8) is 0 Å². The highest BCUT2D eigenvalue weighted by atomic mass is 16.6. The Morgan fingerprint density at radius 1 is 1.08 bits per heavy atom. The van der Waals surface area contributed by atoms with Crippen LogP contribution in [0.5, 0.6) is 0 Å². The number of ether oxygens (including phenoxy) is 2. The van der Waals surface area contributed by atoms with Crippen LogP contribution in [0.1, 0.15) is 55.6 Å². The van der Waals surface area contributed by atoms with E-state index in [1.165, 1.54) is 0 Å². The number of imide groups is 1. The van der Waals surface area contributed by atoms with Crippen molar-refractivity contribution in [2.24, 2.45) is 0 Å². The summed E-state index contributed by atoms with van der Waals surface area (Å²) in [6.45, 7) is 9.29. The monoisotopic (exact) mass is 503 g/mol. The number of carbonyl (C=O) groups is 3. The van der Waals surface area contributed by atoms with Crippen molar-refractivity contribution in [2.75, 3.05) is 6.61 Å². The zero-order valence-electron chi connectivity index (χ0n) is 21.9. The number of hydrogen-bond acceptors (Lipinski definition) is 6. The van der Waals surface area contributed by atoms with Gasteiger partial charge in [0.15, 0.2) is 0 Å². The number of benzene rings is 2. The Bertz CT molecular complexity index is 1290. The summed E-state index contributed by atoms with van der Waals surface area (Å²) in [6.07, 6.45) is -0.447. The number of nitrogens with zero attached hydrogens (tertiary/aromatic N) is 3. The van der Waals surface area contributed by atoms with Crippen LogP contribution in [0.4, 0.5) is 4.79 Å². The molecule has 0 saturated carbocycles. The normalized spacial score (nSPS) is 16.4. The van der Waals surface area contributed by atoms with Gasteiger partial charge in [0.1, 0.15) is 12.2 Å². The summed E-state index contributed by atoms with van der Waals surface area (Å²) in [6, 6.07) is 18.4. The number of aromatic nitrogens is 2. The van der Waals surface area contributed by atoms with Crippen molar-refractivity contribution < 1.29 is 23.9 Å². The fourth-order valence-electron chi connectivity index (χ4n) is 4.60. The van der Waals surface area contributed by atoms with Gasteiger partial charge in [-0.25, -0.2) is 14.4 Å². The first-order valence-corrected chi connectivity index (χ1v) is 12.4. The van der Waals surface area contributed by atoms with E-state index in [2.05, 4.69) is 5.10 Å². The van der Waals surface area contributed by atoms with Crippen LogP contribution in [-0.4, -0.2) is 50.9 Å². The maximum absolute atomic E-state index is 14.0. The van der Waals surface area contributed by atoms with Crippen LogP contribution in [-0.2, 0) is 25.5 Å². The molecule has 0 spiro atoms. The zero-order chi connectivity index (χ0) is 26.7. The van der Waals surface area contributed by atoms with Gasteiger partial charge in [-0.15, -0.1) is 0 Å². The van der Waals surface area contributed by atoms with Crippen molar-refractivity contribution in [1.29, 1.82) is 0 Å². The first-order valence-electron chi connectivity index (χ1n) is 12.4. The van der Waals surface area contributed by atoms with Gasteiger partial charge in [0.25, 0.3) is 0 Å². The lowest BCUT2D eigenvalue weighted by atomic mass is 9.92. The predicted octanol–water partition coefficient (Wildman–Crippen LogP) is 4.89. The molecule has 2 atom stereocenters. The second-order valence-electron chi connectivity index (χ2n) is 10.4. The molecule has 0 aliphatic carbocycles. The fourth-order valence-corrected chi connectivity index (χ4v) is 4.60. The molecule has 1 unspecified atom stereocenters. The molecule has 2 heterocycles. The van der Waals surface area contributed by atoms with Crippen LogP contribution in [0.25, 0.3) is 5.69 Å². The fraction of sp³-hybridized carbons (Fsp3) is 0.379. The second-order valence-corrected chi connectivity index (χ2v) is 10.4. The molecule has 3 aromatic rings. The molecule has 0 N–H and O–H groups in total. The van der Waals surface area contributed by atoms with E-state index in [0.29, 0.717) is 12.0 Å². The Labute approximate surface area is 217 Å². The Morgan fingerprint density at radius 3 is 2.46 bits per heavy atom. The highest BCUT2D eigenvalue weighted by Crippen LogP contribution is 2.30. The van der Waals surface area contributed by atoms with Crippen LogP contribution in [0, 0.1) is 13.8 Å². The molecule has 1 saturated heterocycles. The third kappa shape index (κ3) is 6.25. The largest absolute Gasteiger partial charge is 0.460 e. The summed E-state index contributed by atoms with van der Waals surface area (Å²) >= 11 is 0. The number of hydrogen-bond donors (Lipinski definition) is 0. The van der Waals surface area contributed by atoms with Crippen molar-refractivity contribution in [2.45, 2.75) is 65.0 Å². The van der Waals surface area contributed by atoms with E-state index in [0.717, 1.165) is 27.5 Å². The van der Waals surface area contributed by atoms with E-state index < -0.39 is 35.5 Å². The standard InChI is InChI=1S/C29H33N3O5/c1-19-14-20(2)32(30-19)23-13-9-12-22(16-23)25(17-26(33)37-29(3,4)5)27(34)31-24(18-36-28(31)35)15-21-10-7-6-8-11-21/h6-14,16,24-25H,15,17-18H2,1-5H3/t24?,25-/m0/s1. The molecule has 1 fully saturated rings. The highest BCUT2D eigenvalue weighted by molar-refractivity contribution is 5.99. The van der Waals surface area contributed by atoms with Crippen LogP contribution in [0.3, 0.4) is 0 Å². The highest BCUT2D eigenvalue weighted by Gasteiger charge is 2.42. The average molecular weight is 504 g/mol. The molecule has 0 radical (unpaired) electrons. The van der Waals surface area contributed by atoms with Crippen LogP contribution >= 0.6 is 0 Å². The van der Waals surface area contributed by atoms with E-state index in [9.17, 15) is 14.4 Å². The number of esters is 1.